The van der Waals surface area contributed by atoms with Crippen LogP contribution in [-0.2, 0) is 0 Å². The maximum atomic E-state index is 7.33. The summed E-state index contributed by atoms with van der Waals surface area (Å²) in [6.45, 7) is 0. The van der Waals surface area contributed by atoms with E-state index in [0.717, 1.165) is 0 Å². The second kappa shape index (κ2) is 48.6. The van der Waals surface area contributed by atoms with Gasteiger partial charge in [-0.25, -0.2) is 0 Å². The first-order valence-corrected chi connectivity index (χ1v) is 26.8. The molecule has 0 atom stereocenters. The molecule has 0 radical (unpaired) electrons. The molecule has 0 spiro atoms. The van der Waals surface area contributed by atoms with Crippen molar-refractivity contribution in [2.45, 2.75) is 0 Å². The van der Waals surface area contributed by atoms with Crippen LogP contribution >= 0.6 is 0 Å². The molecule has 0 aromatic heterocycles. The standard InChI is InChI=1S/6Li.10H4O4Si.6H/c;;;;;;10*1-5(2,3)4;;;;;;/h;;;;;;10*1-4H;;;;;;. The van der Waals surface area contributed by atoms with Crippen LogP contribution in [0.3, 0.4) is 0 Å². The zero-order chi connectivity index (χ0) is 45.0. The van der Waals surface area contributed by atoms with Crippen molar-refractivity contribution < 1.29 is 192 Å². The van der Waals surface area contributed by atoms with E-state index in [1.54, 1.807) is 0 Å². The topological polar surface area (TPSA) is 809 Å². The van der Waals surface area contributed by atoms with Crippen molar-refractivity contribution in [1.82, 2.24) is 0 Å². The molecular formula is H46Li6O40Si10. The average molecular weight is 1010 g/mol. The van der Waals surface area contributed by atoms with E-state index in [9.17, 15) is 0 Å². The second-order valence-electron chi connectivity index (χ2n) is 6.00. The van der Waals surface area contributed by atoms with Crippen molar-refractivity contribution in [1.29, 1.82) is 0 Å². The number of rotatable bonds is 0. The molecule has 0 heterocycles. The molecule has 0 unspecified atom stereocenters. The molecule has 56 heteroatoms. The Morgan fingerprint density at radius 2 is 0.0893 bits per heavy atom. The van der Waals surface area contributed by atoms with Crippen molar-refractivity contribution in [3.05, 3.63) is 0 Å². The molecule has 0 saturated heterocycles. The summed E-state index contributed by atoms with van der Waals surface area (Å²) < 4.78 is 0. The predicted octanol–water partition coefficient (Wildman–Crippen LogP) is -30.0. The average Bonchev–Trinajstić information content (AvgIpc) is 2.34. The summed E-state index contributed by atoms with van der Waals surface area (Å²) in [5.74, 6) is 0. The van der Waals surface area contributed by atoms with Crippen molar-refractivity contribution in [2.75, 3.05) is 0 Å². The number of hydrogen-bond acceptors (Lipinski definition) is 40. The van der Waals surface area contributed by atoms with Crippen LogP contribution in [0.25, 0.3) is 0 Å². The van der Waals surface area contributed by atoms with Crippen LogP contribution < -0.4 is 0 Å². The summed E-state index contributed by atoms with van der Waals surface area (Å²) in [4.78, 5) is 293. The third kappa shape index (κ3) is 11000. The minimum absolute atomic E-state index is 0. The summed E-state index contributed by atoms with van der Waals surface area (Å²) in [5, 5.41) is 0. The zero-order valence-corrected chi connectivity index (χ0v) is 32.9. The predicted molar refractivity (Wildman–Crippen MR) is 189 cm³/mol. The fourth-order valence-electron chi connectivity index (χ4n) is 0. The molecule has 40 nitrogen and oxygen atoms in total. The van der Waals surface area contributed by atoms with E-state index >= 15 is 0 Å². The Morgan fingerprint density at radius 1 is 0.0893 bits per heavy atom. The normalized spacial score (nSPS) is 10.7. The molecule has 0 aromatic carbocycles. The summed E-state index contributed by atoms with van der Waals surface area (Å²) in [6.07, 6.45) is 0. The van der Waals surface area contributed by atoms with Gasteiger partial charge in [-0.1, -0.05) is 0 Å². The van der Waals surface area contributed by atoms with Gasteiger partial charge in [-0.3, -0.25) is 0 Å². The molecule has 0 aliphatic carbocycles. The van der Waals surface area contributed by atoms with Gasteiger partial charge in [-0.05, 0) is 0 Å². The third-order valence-electron chi connectivity index (χ3n) is 0. The molecular weight excluding hydrogens is 962 g/mol. The van der Waals surface area contributed by atoms with Gasteiger partial charge in [0, 0.05) is 0 Å². The Kier molecular flexibility index (Phi) is 93.7. The van der Waals surface area contributed by atoms with E-state index in [-0.39, 0.29) is 113 Å². The first-order valence-electron chi connectivity index (χ1n) is 8.94. The fourth-order valence-corrected chi connectivity index (χ4v) is 0. The van der Waals surface area contributed by atoms with Crippen LogP contribution in [0.15, 0.2) is 0 Å². The molecule has 40 N–H and O–H groups in total. The first-order chi connectivity index (χ1) is 20.0. The number of hydrogen-bond donors (Lipinski definition) is 40. The molecule has 332 valence electrons. The van der Waals surface area contributed by atoms with Crippen molar-refractivity contribution in [3.63, 3.8) is 0 Å². The SMILES string of the molecule is O[Si](O)(O)O.O[Si](O)(O)O.O[Si](O)(O)O.O[Si](O)(O)O.O[Si](O)(O)O.O[Si](O)(O)O.O[Si](O)(O)O.O[Si](O)(O)O.O[Si](O)(O)O.O[Si](O)(O)O.[LiH].[LiH].[LiH].[LiH].[LiH].[LiH]. The molecule has 0 bridgehead atoms. The second-order valence-corrected chi connectivity index (χ2v) is 18.0. The van der Waals surface area contributed by atoms with Gasteiger partial charge in [-0.2, -0.15) is 0 Å². The van der Waals surface area contributed by atoms with Gasteiger partial charge in [0.05, 0.1) is 0 Å². The van der Waals surface area contributed by atoms with E-state index in [1.165, 1.54) is 0 Å². The van der Waals surface area contributed by atoms with Gasteiger partial charge in [0.2, 0.25) is 0 Å². The van der Waals surface area contributed by atoms with Gasteiger partial charge in [0.25, 0.3) is 0 Å². The van der Waals surface area contributed by atoms with E-state index in [4.69, 9.17) is 192 Å². The fraction of sp³-hybridized carbons (Fsp3) is 0. The van der Waals surface area contributed by atoms with Crippen LogP contribution in [0.4, 0.5) is 0 Å². The summed E-state index contributed by atoms with van der Waals surface area (Å²) in [6, 6.07) is 0. The summed E-state index contributed by atoms with van der Waals surface area (Å²) in [5.41, 5.74) is 0. The van der Waals surface area contributed by atoms with E-state index in [1.807, 2.05) is 0 Å². The van der Waals surface area contributed by atoms with E-state index in [0.29, 0.717) is 0 Å². The van der Waals surface area contributed by atoms with Crippen molar-refractivity contribution in [2.24, 2.45) is 0 Å². The van der Waals surface area contributed by atoms with Gasteiger partial charge in [0.1, 0.15) is 0 Å². The molecule has 0 saturated carbocycles. The third-order valence-corrected chi connectivity index (χ3v) is 0. The zero-order valence-electron chi connectivity index (χ0n) is 22.9. The Hall–Kier alpha value is 4.15. The minimum atomic E-state index is -4.61. The summed E-state index contributed by atoms with van der Waals surface area (Å²) in [7, 11) is -46.1. The monoisotopic (exact) mass is 1010 g/mol. The van der Waals surface area contributed by atoms with Gasteiger partial charge >= 0.3 is 204 Å². The molecule has 0 rings (SSSR count). The Labute approximate surface area is 392 Å². The van der Waals surface area contributed by atoms with Crippen LogP contribution in [0.2, 0.25) is 0 Å². The molecule has 0 aliphatic rings. The van der Waals surface area contributed by atoms with E-state index < -0.39 is 90.5 Å². The summed E-state index contributed by atoms with van der Waals surface area (Å²) >= 11 is 0. The van der Waals surface area contributed by atoms with Crippen molar-refractivity contribution in [3.8, 4) is 0 Å². The maximum absolute atomic E-state index is 7.33. The Bertz CT molecular complexity index is 418. The Balaban J connectivity index is -0.0000000224. The van der Waals surface area contributed by atoms with Crippen LogP contribution in [-0.4, -0.2) is 395 Å². The van der Waals surface area contributed by atoms with Crippen LogP contribution in [0.1, 0.15) is 0 Å². The molecule has 0 aliphatic heterocycles. The van der Waals surface area contributed by atoms with Crippen molar-refractivity contribution >= 4 is 204 Å². The molecule has 0 fully saturated rings. The molecule has 0 amide bonds. The first kappa shape index (κ1) is 108. The molecule has 0 aromatic rings. The van der Waals surface area contributed by atoms with Crippen LogP contribution in [0, 0.1) is 0 Å². The Morgan fingerprint density at radius 3 is 0.0893 bits per heavy atom. The molecule has 56 heavy (non-hydrogen) atoms. The van der Waals surface area contributed by atoms with E-state index in [2.05, 4.69) is 0 Å². The van der Waals surface area contributed by atoms with Crippen LogP contribution in [0.5, 0.6) is 0 Å². The van der Waals surface area contributed by atoms with Gasteiger partial charge in [-0.15, -0.1) is 0 Å². The quantitative estimate of drug-likeness (QED) is 0.100. The van der Waals surface area contributed by atoms with Gasteiger partial charge in [0.15, 0.2) is 0 Å². The van der Waals surface area contributed by atoms with Gasteiger partial charge < -0.3 is 192 Å².